The topological polar surface area (TPSA) is 231 Å². The normalized spacial score (nSPS) is 37.8. The van der Waals surface area contributed by atoms with Crippen LogP contribution in [-0.4, -0.2) is 142 Å². The highest BCUT2D eigenvalue weighted by molar-refractivity contribution is 5.69. The average molecular weight is 529 g/mol. The van der Waals surface area contributed by atoms with Gasteiger partial charge >= 0.3 is 11.9 Å². The van der Waals surface area contributed by atoms with Gasteiger partial charge in [0, 0.05) is 13.3 Å². The Hall–Kier alpha value is -1.50. The van der Waals surface area contributed by atoms with Crippen LogP contribution in [0, 0.1) is 0 Å². The fourth-order valence-electron chi connectivity index (χ4n) is 3.56. The fraction of sp³-hybridized carbons (Fsp3) is 0.905. The third kappa shape index (κ3) is 8.26. The summed E-state index contributed by atoms with van der Waals surface area (Å²) in [5.41, 5.74) is 0. The van der Waals surface area contributed by atoms with E-state index >= 15 is 0 Å². The van der Waals surface area contributed by atoms with Gasteiger partial charge in [-0.2, -0.15) is 0 Å². The van der Waals surface area contributed by atoms with Crippen molar-refractivity contribution in [2.24, 2.45) is 0 Å². The van der Waals surface area contributed by atoms with Gasteiger partial charge in [0.25, 0.3) is 0 Å². The molecule has 2 aliphatic heterocycles. The van der Waals surface area contributed by atoms with Gasteiger partial charge in [-0.05, 0) is 6.42 Å². The van der Waals surface area contributed by atoms with Crippen molar-refractivity contribution in [3.8, 4) is 0 Å². The van der Waals surface area contributed by atoms with Crippen molar-refractivity contribution in [1.29, 1.82) is 0 Å². The van der Waals surface area contributed by atoms with Gasteiger partial charge in [-0.25, -0.2) is 0 Å². The van der Waals surface area contributed by atoms with Crippen LogP contribution in [0.25, 0.3) is 0 Å². The van der Waals surface area contributed by atoms with Crippen LogP contribution in [0.3, 0.4) is 0 Å². The van der Waals surface area contributed by atoms with Crippen LogP contribution < -0.4 is 0 Å². The number of carbonyl (C=O) groups is 2. The third-order valence-corrected chi connectivity index (χ3v) is 5.61. The lowest BCUT2D eigenvalue weighted by molar-refractivity contribution is -0.332. The number of hydrogen-bond donors (Lipinski definition) is 7. The molecular weight excluding hydrogens is 492 g/mol. The maximum atomic E-state index is 11.8. The highest BCUT2D eigenvalue weighted by Crippen LogP contribution is 2.26. The van der Waals surface area contributed by atoms with E-state index in [4.69, 9.17) is 28.4 Å². The summed E-state index contributed by atoms with van der Waals surface area (Å²) < 4.78 is 31.5. The van der Waals surface area contributed by atoms with Crippen LogP contribution in [0.4, 0.5) is 0 Å². The Morgan fingerprint density at radius 3 is 1.92 bits per heavy atom. The van der Waals surface area contributed by atoms with Gasteiger partial charge in [-0.1, -0.05) is 6.92 Å². The largest absolute Gasteiger partial charge is 0.462 e. The molecule has 0 saturated carbocycles. The van der Waals surface area contributed by atoms with Gasteiger partial charge in [0.2, 0.25) is 0 Å². The molecule has 7 N–H and O–H groups in total. The van der Waals surface area contributed by atoms with E-state index < -0.39 is 99.3 Å². The maximum Gasteiger partial charge on any atom is 0.306 e. The maximum absolute atomic E-state index is 11.8. The SMILES string of the molecule is CCCC(=O)OC(COC(C)=O)COC1OC(COC2OC(CO)C(O)C(O)C2O)C(O)C(O)C1O. The molecule has 0 aromatic rings. The van der Waals surface area contributed by atoms with E-state index in [1.807, 2.05) is 0 Å². The summed E-state index contributed by atoms with van der Waals surface area (Å²) >= 11 is 0. The molecule has 15 heteroatoms. The van der Waals surface area contributed by atoms with Gasteiger partial charge in [0.1, 0.15) is 55.4 Å². The number of aliphatic hydroxyl groups excluding tert-OH is 7. The molecule has 0 amide bonds. The first-order chi connectivity index (χ1) is 17.0. The molecular formula is C21H36O15. The monoisotopic (exact) mass is 528 g/mol. The molecule has 0 radical (unpaired) electrons. The summed E-state index contributed by atoms with van der Waals surface area (Å²) in [7, 11) is 0. The summed E-state index contributed by atoms with van der Waals surface area (Å²) in [4.78, 5) is 23.0. The lowest BCUT2D eigenvalue weighted by Crippen LogP contribution is -2.61. The molecule has 11 atom stereocenters. The van der Waals surface area contributed by atoms with E-state index in [1.54, 1.807) is 6.92 Å². The van der Waals surface area contributed by atoms with Crippen molar-refractivity contribution in [2.75, 3.05) is 26.4 Å². The second-order valence-corrected chi connectivity index (χ2v) is 8.54. The Balaban J connectivity index is 1.99. The molecule has 2 fully saturated rings. The number of carbonyl (C=O) groups excluding carboxylic acids is 2. The minimum Gasteiger partial charge on any atom is -0.462 e. The molecule has 11 unspecified atom stereocenters. The smallest absolute Gasteiger partial charge is 0.306 e. The Bertz CT molecular complexity index is 690. The molecule has 2 heterocycles. The molecule has 210 valence electrons. The minimum absolute atomic E-state index is 0.112. The van der Waals surface area contributed by atoms with Gasteiger partial charge < -0.3 is 64.2 Å². The first kappa shape index (κ1) is 30.7. The summed E-state index contributed by atoms with van der Waals surface area (Å²) in [6.07, 6.45) is -16.1. The first-order valence-corrected chi connectivity index (χ1v) is 11.6. The van der Waals surface area contributed by atoms with E-state index in [-0.39, 0.29) is 13.0 Å². The van der Waals surface area contributed by atoms with E-state index in [9.17, 15) is 45.3 Å². The van der Waals surface area contributed by atoms with Crippen molar-refractivity contribution in [3.05, 3.63) is 0 Å². The molecule has 0 aromatic carbocycles. The predicted octanol–water partition coefficient (Wildman–Crippen LogP) is -4.10. The number of rotatable bonds is 12. The predicted molar refractivity (Wildman–Crippen MR) is 114 cm³/mol. The molecule has 15 nitrogen and oxygen atoms in total. The van der Waals surface area contributed by atoms with Crippen LogP contribution in [0.2, 0.25) is 0 Å². The Labute approximate surface area is 207 Å². The minimum atomic E-state index is -1.75. The van der Waals surface area contributed by atoms with E-state index in [0.717, 1.165) is 6.92 Å². The van der Waals surface area contributed by atoms with Crippen molar-refractivity contribution < 1.29 is 73.8 Å². The second kappa shape index (κ2) is 14.4. The number of aliphatic hydroxyl groups is 7. The van der Waals surface area contributed by atoms with E-state index in [0.29, 0.717) is 6.42 Å². The molecule has 2 saturated heterocycles. The van der Waals surface area contributed by atoms with Crippen LogP contribution in [0.15, 0.2) is 0 Å². The molecule has 2 aliphatic rings. The number of esters is 2. The van der Waals surface area contributed by atoms with Gasteiger partial charge in [-0.15, -0.1) is 0 Å². The molecule has 2 rings (SSSR count). The molecule has 36 heavy (non-hydrogen) atoms. The summed E-state index contributed by atoms with van der Waals surface area (Å²) in [5, 5.41) is 69.8. The molecule has 0 aliphatic carbocycles. The average Bonchev–Trinajstić information content (AvgIpc) is 2.84. The van der Waals surface area contributed by atoms with Crippen LogP contribution >= 0.6 is 0 Å². The van der Waals surface area contributed by atoms with Crippen molar-refractivity contribution in [3.63, 3.8) is 0 Å². The summed E-state index contributed by atoms with van der Waals surface area (Å²) in [6, 6.07) is 0. The van der Waals surface area contributed by atoms with Crippen molar-refractivity contribution in [1.82, 2.24) is 0 Å². The molecule has 0 bridgehead atoms. The van der Waals surface area contributed by atoms with Crippen molar-refractivity contribution in [2.45, 2.75) is 94.2 Å². The van der Waals surface area contributed by atoms with Gasteiger partial charge in [-0.3, -0.25) is 9.59 Å². The van der Waals surface area contributed by atoms with E-state index in [2.05, 4.69) is 0 Å². The zero-order chi connectivity index (χ0) is 27.0. The standard InChI is InChI=1S/C21H36O15/c1-3-4-13(24)34-10(6-31-9(2)23)7-32-20-19(30)17(28)15(26)12(36-20)8-33-21-18(29)16(27)14(25)11(5-22)35-21/h10-12,14-22,25-30H,3-8H2,1-2H3. The Morgan fingerprint density at radius 2 is 1.36 bits per heavy atom. The zero-order valence-corrected chi connectivity index (χ0v) is 20.0. The van der Waals surface area contributed by atoms with Crippen LogP contribution in [0.1, 0.15) is 26.7 Å². The fourth-order valence-corrected chi connectivity index (χ4v) is 3.56. The number of ether oxygens (including phenoxy) is 6. The molecule has 0 spiro atoms. The Morgan fingerprint density at radius 1 is 0.806 bits per heavy atom. The lowest BCUT2D eigenvalue weighted by Gasteiger charge is -2.42. The van der Waals surface area contributed by atoms with Crippen molar-refractivity contribution >= 4 is 11.9 Å². The summed E-state index contributed by atoms with van der Waals surface area (Å²) in [6.45, 7) is 0.999. The second-order valence-electron chi connectivity index (χ2n) is 8.54. The van der Waals surface area contributed by atoms with Crippen LogP contribution in [-0.2, 0) is 38.0 Å². The highest BCUT2D eigenvalue weighted by atomic mass is 16.7. The van der Waals surface area contributed by atoms with Crippen LogP contribution in [0.5, 0.6) is 0 Å². The van der Waals surface area contributed by atoms with Gasteiger partial charge in [0.15, 0.2) is 18.7 Å². The van der Waals surface area contributed by atoms with Gasteiger partial charge in [0.05, 0.1) is 19.8 Å². The highest BCUT2D eigenvalue weighted by Gasteiger charge is 2.47. The summed E-state index contributed by atoms with van der Waals surface area (Å²) in [5.74, 6) is -1.19. The van der Waals surface area contributed by atoms with E-state index in [1.165, 1.54) is 0 Å². The Kier molecular flexibility index (Phi) is 12.3. The first-order valence-electron chi connectivity index (χ1n) is 11.6. The number of hydrogen-bond acceptors (Lipinski definition) is 15. The quantitative estimate of drug-likeness (QED) is 0.119. The lowest BCUT2D eigenvalue weighted by atomic mass is 9.98. The molecule has 0 aromatic heterocycles. The third-order valence-electron chi connectivity index (χ3n) is 5.61. The zero-order valence-electron chi connectivity index (χ0n) is 20.0.